The second kappa shape index (κ2) is 8.68. The molecule has 1 aromatic carbocycles. The Labute approximate surface area is 143 Å². The van der Waals surface area contributed by atoms with Gasteiger partial charge in [-0.2, -0.15) is 0 Å². The smallest absolute Gasteiger partial charge is 0.315 e. The molecule has 1 atom stereocenters. The fourth-order valence-electron chi connectivity index (χ4n) is 2.61. The first-order valence-electron chi connectivity index (χ1n) is 8.48. The van der Waals surface area contributed by atoms with Crippen LogP contribution in [0.2, 0.25) is 0 Å². The third-order valence-electron chi connectivity index (χ3n) is 3.86. The number of anilines is 1. The Hall–Kier alpha value is -2.08. The molecule has 24 heavy (non-hydrogen) atoms. The SMILES string of the molecule is Cc1ccc(N2C[C@@H](NC(=O)NCCCOC(C)C)CC2=O)cc1. The van der Waals surface area contributed by atoms with Crippen molar-refractivity contribution in [3.8, 4) is 0 Å². The van der Waals surface area contributed by atoms with Crippen LogP contribution in [-0.4, -0.2) is 43.8 Å². The number of carbonyl (C=O) groups excluding carboxylic acids is 2. The Morgan fingerprint density at radius 3 is 2.71 bits per heavy atom. The van der Waals surface area contributed by atoms with E-state index in [9.17, 15) is 9.59 Å². The first-order chi connectivity index (χ1) is 11.5. The highest BCUT2D eigenvalue weighted by atomic mass is 16.5. The summed E-state index contributed by atoms with van der Waals surface area (Å²) in [4.78, 5) is 25.8. The molecule has 0 unspecified atom stereocenters. The lowest BCUT2D eigenvalue weighted by molar-refractivity contribution is -0.117. The third kappa shape index (κ3) is 5.53. The van der Waals surface area contributed by atoms with Crippen molar-refractivity contribution in [1.82, 2.24) is 10.6 Å². The van der Waals surface area contributed by atoms with E-state index in [4.69, 9.17) is 4.74 Å². The van der Waals surface area contributed by atoms with Crippen molar-refractivity contribution in [3.05, 3.63) is 29.8 Å². The number of amides is 3. The first kappa shape index (κ1) is 18.3. The number of rotatable bonds is 7. The average molecular weight is 333 g/mol. The number of hydrogen-bond acceptors (Lipinski definition) is 3. The van der Waals surface area contributed by atoms with Gasteiger partial charge in [-0.3, -0.25) is 4.79 Å². The standard InChI is InChI=1S/C18H27N3O3/c1-13(2)24-10-4-9-19-18(23)20-15-11-17(22)21(12-15)16-7-5-14(3)6-8-16/h5-8,13,15H,4,9-12H2,1-3H3,(H2,19,20,23)/t15-/m0/s1. The number of carbonyl (C=O) groups is 2. The van der Waals surface area contributed by atoms with Gasteiger partial charge in [0.1, 0.15) is 0 Å². The van der Waals surface area contributed by atoms with Crippen molar-refractivity contribution < 1.29 is 14.3 Å². The maximum absolute atomic E-state index is 12.2. The van der Waals surface area contributed by atoms with Gasteiger partial charge in [-0.1, -0.05) is 17.7 Å². The number of nitrogens with one attached hydrogen (secondary N) is 2. The lowest BCUT2D eigenvalue weighted by atomic mass is 10.2. The molecular formula is C18H27N3O3. The normalized spacial score (nSPS) is 17.4. The second-order valence-corrected chi connectivity index (χ2v) is 6.41. The Balaban J connectivity index is 1.73. The predicted molar refractivity (Wildman–Crippen MR) is 94.2 cm³/mol. The van der Waals surface area contributed by atoms with E-state index in [0.717, 1.165) is 17.7 Å². The summed E-state index contributed by atoms with van der Waals surface area (Å²) in [7, 11) is 0. The van der Waals surface area contributed by atoms with Gasteiger partial charge in [0.25, 0.3) is 0 Å². The van der Waals surface area contributed by atoms with Crippen LogP contribution >= 0.6 is 0 Å². The Morgan fingerprint density at radius 2 is 2.04 bits per heavy atom. The average Bonchev–Trinajstić information content (AvgIpc) is 2.88. The maximum atomic E-state index is 12.2. The lowest BCUT2D eigenvalue weighted by Crippen LogP contribution is -2.43. The molecule has 0 aliphatic carbocycles. The summed E-state index contributed by atoms with van der Waals surface area (Å²) >= 11 is 0. The summed E-state index contributed by atoms with van der Waals surface area (Å²) in [5, 5.41) is 5.67. The number of nitrogens with zero attached hydrogens (tertiary/aromatic N) is 1. The van der Waals surface area contributed by atoms with Crippen molar-refractivity contribution in [1.29, 1.82) is 0 Å². The van der Waals surface area contributed by atoms with Gasteiger partial charge in [0.15, 0.2) is 0 Å². The van der Waals surface area contributed by atoms with Crippen LogP contribution in [0.25, 0.3) is 0 Å². The number of benzene rings is 1. The predicted octanol–water partition coefficient (Wildman–Crippen LogP) is 2.21. The van der Waals surface area contributed by atoms with Crippen molar-refractivity contribution in [2.24, 2.45) is 0 Å². The number of urea groups is 1. The minimum atomic E-state index is -0.233. The van der Waals surface area contributed by atoms with Crippen molar-refractivity contribution in [2.75, 3.05) is 24.6 Å². The van der Waals surface area contributed by atoms with E-state index in [1.165, 1.54) is 0 Å². The summed E-state index contributed by atoms with van der Waals surface area (Å²) in [5.41, 5.74) is 2.03. The molecule has 6 heteroatoms. The van der Waals surface area contributed by atoms with Crippen LogP contribution < -0.4 is 15.5 Å². The highest BCUT2D eigenvalue weighted by Crippen LogP contribution is 2.21. The van der Waals surface area contributed by atoms with Crippen molar-refractivity contribution in [3.63, 3.8) is 0 Å². The minimum Gasteiger partial charge on any atom is -0.379 e. The summed E-state index contributed by atoms with van der Waals surface area (Å²) in [6, 6.07) is 7.44. The Morgan fingerprint density at radius 1 is 1.33 bits per heavy atom. The fraction of sp³-hybridized carbons (Fsp3) is 0.556. The number of ether oxygens (including phenoxy) is 1. The van der Waals surface area contributed by atoms with Gasteiger partial charge in [-0.25, -0.2) is 4.79 Å². The molecule has 1 aliphatic heterocycles. The highest BCUT2D eigenvalue weighted by Gasteiger charge is 2.31. The summed E-state index contributed by atoms with van der Waals surface area (Å²) in [6.07, 6.45) is 1.30. The molecule has 1 heterocycles. The van der Waals surface area contributed by atoms with E-state index >= 15 is 0 Å². The number of hydrogen-bond donors (Lipinski definition) is 2. The molecule has 0 radical (unpaired) electrons. The lowest BCUT2D eigenvalue weighted by Gasteiger charge is -2.17. The fourth-order valence-corrected chi connectivity index (χ4v) is 2.61. The molecule has 1 saturated heterocycles. The van der Waals surface area contributed by atoms with Gasteiger partial charge in [0, 0.05) is 31.8 Å². The van der Waals surface area contributed by atoms with Gasteiger partial charge >= 0.3 is 6.03 Å². The van der Waals surface area contributed by atoms with E-state index in [1.807, 2.05) is 45.0 Å². The molecule has 0 saturated carbocycles. The van der Waals surface area contributed by atoms with Crippen LogP contribution in [-0.2, 0) is 9.53 Å². The molecule has 1 aromatic rings. The molecular weight excluding hydrogens is 306 g/mol. The van der Waals surface area contributed by atoms with Crippen LogP contribution in [0.1, 0.15) is 32.3 Å². The Bertz CT molecular complexity index is 557. The maximum Gasteiger partial charge on any atom is 0.315 e. The molecule has 1 fully saturated rings. The summed E-state index contributed by atoms with van der Waals surface area (Å²) < 4.78 is 5.42. The largest absolute Gasteiger partial charge is 0.379 e. The summed E-state index contributed by atoms with van der Waals surface area (Å²) in [5.74, 6) is 0.0366. The number of aryl methyl sites for hydroxylation is 1. The van der Waals surface area contributed by atoms with Crippen molar-refractivity contribution in [2.45, 2.75) is 45.8 Å². The summed E-state index contributed by atoms with van der Waals surface area (Å²) in [6.45, 7) is 7.66. The van der Waals surface area contributed by atoms with Gasteiger partial charge < -0.3 is 20.3 Å². The minimum absolute atomic E-state index is 0.0366. The molecule has 2 N–H and O–H groups in total. The molecule has 0 spiro atoms. The topological polar surface area (TPSA) is 70.7 Å². The zero-order valence-electron chi connectivity index (χ0n) is 14.7. The van der Waals surface area contributed by atoms with E-state index in [1.54, 1.807) is 4.90 Å². The molecule has 2 rings (SSSR count). The van der Waals surface area contributed by atoms with Crippen LogP contribution in [0.15, 0.2) is 24.3 Å². The van der Waals surface area contributed by atoms with Crippen molar-refractivity contribution >= 4 is 17.6 Å². The molecule has 3 amide bonds. The molecule has 0 aromatic heterocycles. The molecule has 6 nitrogen and oxygen atoms in total. The van der Waals surface area contributed by atoms with E-state index < -0.39 is 0 Å². The van der Waals surface area contributed by atoms with Crippen LogP contribution in [0, 0.1) is 6.92 Å². The molecule has 1 aliphatic rings. The van der Waals surface area contributed by atoms with Crippen LogP contribution in [0.3, 0.4) is 0 Å². The first-order valence-corrected chi connectivity index (χ1v) is 8.48. The van der Waals surface area contributed by atoms with Gasteiger partial charge in [0.05, 0.1) is 12.1 Å². The van der Waals surface area contributed by atoms with Crippen LogP contribution in [0.4, 0.5) is 10.5 Å². The van der Waals surface area contributed by atoms with E-state index in [0.29, 0.717) is 26.1 Å². The van der Waals surface area contributed by atoms with E-state index in [2.05, 4.69) is 10.6 Å². The third-order valence-corrected chi connectivity index (χ3v) is 3.86. The van der Waals surface area contributed by atoms with E-state index in [-0.39, 0.29) is 24.1 Å². The van der Waals surface area contributed by atoms with Gasteiger partial charge in [-0.05, 0) is 39.3 Å². The van der Waals surface area contributed by atoms with Crippen LogP contribution in [0.5, 0.6) is 0 Å². The molecule has 132 valence electrons. The molecule has 0 bridgehead atoms. The monoisotopic (exact) mass is 333 g/mol. The van der Waals surface area contributed by atoms with Gasteiger partial charge in [0.2, 0.25) is 5.91 Å². The quantitative estimate of drug-likeness (QED) is 0.752. The zero-order chi connectivity index (χ0) is 17.5. The zero-order valence-corrected chi connectivity index (χ0v) is 14.7. The van der Waals surface area contributed by atoms with Gasteiger partial charge in [-0.15, -0.1) is 0 Å². The second-order valence-electron chi connectivity index (χ2n) is 6.41. The Kier molecular flexibility index (Phi) is 6.61. The highest BCUT2D eigenvalue weighted by molar-refractivity contribution is 5.96.